The molecule has 2 aromatic rings. The van der Waals surface area contributed by atoms with Crippen molar-refractivity contribution in [3.05, 3.63) is 23.5 Å². The Labute approximate surface area is 137 Å². The number of aromatic nitrogens is 3. The average molecular weight is 331 g/mol. The molecule has 0 aromatic carbocycles. The summed E-state index contributed by atoms with van der Waals surface area (Å²) in [6.07, 6.45) is 0.318. The van der Waals surface area contributed by atoms with Crippen LogP contribution in [0.15, 0.2) is 12.3 Å². The van der Waals surface area contributed by atoms with Gasteiger partial charge in [0.1, 0.15) is 0 Å². The number of nitrogens with one attached hydrogen (secondary N) is 1. The summed E-state index contributed by atoms with van der Waals surface area (Å²) in [5.41, 5.74) is 1.62. The zero-order valence-electron chi connectivity index (χ0n) is 13.6. The molecular weight excluding hydrogens is 314 g/mol. The highest BCUT2D eigenvalue weighted by molar-refractivity contribution is 6.00. The summed E-state index contributed by atoms with van der Waals surface area (Å²) in [5, 5.41) is 7.50. The van der Waals surface area contributed by atoms with Crippen LogP contribution in [0.5, 0.6) is 0 Å². The molecular formula is C15H17N5O4. The summed E-state index contributed by atoms with van der Waals surface area (Å²) in [7, 11) is 1.77. The molecule has 0 spiro atoms. The predicted molar refractivity (Wildman–Crippen MR) is 83.2 cm³/mol. The first-order valence-electron chi connectivity index (χ1n) is 7.48. The number of carbonyl (C=O) groups is 3. The van der Waals surface area contributed by atoms with E-state index < -0.39 is 24.0 Å². The van der Waals surface area contributed by atoms with Crippen LogP contribution in [0.2, 0.25) is 0 Å². The molecule has 1 N–H and O–H groups in total. The van der Waals surface area contributed by atoms with E-state index in [1.54, 1.807) is 17.8 Å². The standard InChI is InChI=1S/C15H17N5O4/c1-8-11-6-10(7-17-12(11)19(3)18-8)14(22)24-9(2)13(21)20-5-4-16-15(20)23/h6-7,9H,4-5H2,1-3H3,(H,16,23). The van der Waals surface area contributed by atoms with Crippen molar-refractivity contribution >= 4 is 28.9 Å². The first-order valence-corrected chi connectivity index (χ1v) is 7.48. The highest BCUT2D eigenvalue weighted by Gasteiger charge is 2.31. The Morgan fingerprint density at radius 3 is 2.83 bits per heavy atom. The van der Waals surface area contributed by atoms with Gasteiger partial charge in [0.05, 0.1) is 11.3 Å². The minimum atomic E-state index is -1.06. The minimum Gasteiger partial charge on any atom is -0.449 e. The molecule has 0 aliphatic carbocycles. The van der Waals surface area contributed by atoms with Crippen LogP contribution in [0.25, 0.3) is 11.0 Å². The van der Waals surface area contributed by atoms with Crippen LogP contribution in [0.1, 0.15) is 23.0 Å². The van der Waals surface area contributed by atoms with Crippen molar-refractivity contribution in [2.24, 2.45) is 7.05 Å². The third-order valence-corrected chi connectivity index (χ3v) is 3.85. The van der Waals surface area contributed by atoms with E-state index in [-0.39, 0.29) is 12.1 Å². The van der Waals surface area contributed by atoms with Gasteiger partial charge < -0.3 is 10.1 Å². The number of urea groups is 1. The van der Waals surface area contributed by atoms with Crippen LogP contribution >= 0.6 is 0 Å². The molecule has 1 unspecified atom stereocenters. The molecule has 9 nitrogen and oxygen atoms in total. The molecule has 1 aliphatic heterocycles. The molecule has 24 heavy (non-hydrogen) atoms. The lowest BCUT2D eigenvalue weighted by molar-refractivity contribution is -0.136. The summed E-state index contributed by atoms with van der Waals surface area (Å²) in [6.45, 7) is 3.92. The van der Waals surface area contributed by atoms with Crippen molar-refractivity contribution in [1.82, 2.24) is 25.0 Å². The second-order valence-corrected chi connectivity index (χ2v) is 5.57. The fourth-order valence-corrected chi connectivity index (χ4v) is 2.60. The molecule has 1 aliphatic rings. The Morgan fingerprint density at radius 2 is 2.17 bits per heavy atom. The number of fused-ring (bicyclic) bond motifs is 1. The summed E-state index contributed by atoms with van der Waals surface area (Å²) in [5.74, 6) is -1.22. The third-order valence-electron chi connectivity index (χ3n) is 3.85. The maximum Gasteiger partial charge on any atom is 0.340 e. The number of pyridine rings is 1. The molecule has 0 saturated carbocycles. The Bertz CT molecular complexity index is 844. The molecule has 0 radical (unpaired) electrons. The zero-order valence-corrected chi connectivity index (χ0v) is 13.6. The number of imide groups is 1. The number of rotatable bonds is 3. The van der Waals surface area contributed by atoms with Gasteiger partial charge in [0, 0.05) is 31.7 Å². The van der Waals surface area contributed by atoms with E-state index >= 15 is 0 Å². The molecule has 126 valence electrons. The molecule has 1 fully saturated rings. The second-order valence-electron chi connectivity index (χ2n) is 5.57. The summed E-state index contributed by atoms with van der Waals surface area (Å²) in [4.78, 5) is 41.1. The molecule has 1 atom stereocenters. The van der Waals surface area contributed by atoms with Crippen molar-refractivity contribution in [3.8, 4) is 0 Å². The van der Waals surface area contributed by atoms with E-state index in [0.717, 1.165) is 16.0 Å². The van der Waals surface area contributed by atoms with Crippen molar-refractivity contribution in [2.45, 2.75) is 20.0 Å². The predicted octanol–water partition coefficient (Wildman–Crippen LogP) is 0.374. The van der Waals surface area contributed by atoms with Gasteiger partial charge in [-0.2, -0.15) is 5.10 Å². The van der Waals surface area contributed by atoms with Gasteiger partial charge in [-0.15, -0.1) is 0 Å². The quantitative estimate of drug-likeness (QED) is 0.815. The van der Waals surface area contributed by atoms with Crippen molar-refractivity contribution < 1.29 is 19.1 Å². The van der Waals surface area contributed by atoms with Gasteiger partial charge in [0.25, 0.3) is 5.91 Å². The number of hydrogen-bond donors (Lipinski definition) is 1. The van der Waals surface area contributed by atoms with Gasteiger partial charge in [-0.1, -0.05) is 0 Å². The van der Waals surface area contributed by atoms with E-state index in [1.165, 1.54) is 13.1 Å². The maximum absolute atomic E-state index is 12.3. The summed E-state index contributed by atoms with van der Waals surface area (Å²) >= 11 is 0. The van der Waals surface area contributed by atoms with Gasteiger partial charge in [0.2, 0.25) is 0 Å². The molecule has 3 heterocycles. The topological polar surface area (TPSA) is 106 Å². The van der Waals surface area contributed by atoms with Gasteiger partial charge >= 0.3 is 12.0 Å². The normalized spacial score (nSPS) is 15.5. The lowest BCUT2D eigenvalue weighted by atomic mass is 10.2. The number of amides is 3. The van der Waals surface area contributed by atoms with Gasteiger partial charge in [-0.25, -0.2) is 14.6 Å². The molecule has 0 bridgehead atoms. The van der Waals surface area contributed by atoms with Gasteiger partial charge in [-0.3, -0.25) is 14.4 Å². The maximum atomic E-state index is 12.3. The molecule has 3 rings (SSSR count). The van der Waals surface area contributed by atoms with Crippen molar-refractivity contribution in [1.29, 1.82) is 0 Å². The third kappa shape index (κ3) is 2.68. The number of carbonyl (C=O) groups excluding carboxylic acids is 3. The second kappa shape index (κ2) is 5.91. The van der Waals surface area contributed by atoms with E-state index in [2.05, 4.69) is 15.4 Å². The number of esters is 1. The van der Waals surface area contributed by atoms with Crippen molar-refractivity contribution in [3.63, 3.8) is 0 Å². The smallest absolute Gasteiger partial charge is 0.340 e. The first-order chi connectivity index (χ1) is 11.4. The number of aryl methyl sites for hydroxylation is 2. The van der Waals surface area contributed by atoms with Crippen LogP contribution in [0.4, 0.5) is 4.79 Å². The van der Waals surface area contributed by atoms with Gasteiger partial charge in [0.15, 0.2) is 11.8 Å². The number of nitrogens with zero attached hydrogens (tertiary/aromatic N) is 4. The highest BCUT2D eigenvalue weighted by atomic mass is 16.5. The van der Waals surface area contributed by atoms with Crippen LogP contribution in [0.3, 0.4) is 0 Å². The van der Waals surface area contributed by atoms with E-state index in [1.807, 2.05) is 6.92 Å². The van der Waals surface area contributed by atoms with E-state index in [0.29, 0.717) is 12.2 Å². The van der Waals surface area contributed by atoms with Gasteiger partial charge in [-0.05, 0) is 19.9 Å². The lowest BCUT2D eigenvalue weighted by Gasteiger charge is -2.18. The Kier molecular flexibility index (Phi) is 3.92. The largest absolute Gasteiger partial charge is 0.449 e. The average Bonchev–Trinajstić information content (AvgIpc) is 3.10. The Morgan fingerprint density at radius 1 is 1.42 bits per heavy atom. The lowest BCUT2D eigenvalue weighted by Crippen LogP contribution is -2.41. The zero-order chi connectivity index (χ0) is 17.4. The van der Waals surface area contributed by atoms with Crippen LogP contribution in [0, 0.1) is 6.92 Å². The fraction of sp³-hybridized carbons (Fsp3) is 0.400. The number of ether oxygens (including phenoxy) is 1. The summed E-state index contributed by atoms with van der Waals surface area (Å²) in [6, 6.07) is 1.16. The van der Waals surface area contributed by atoms with Crippen LogP contribution < -0.4 is 5.32 Å². The molecule has 3 amide bonds. The Balaban J connectivity index is 1.75. The summed E-state index contributed by atoms with van der Waals surface area (Å²) < 4.78 is 6.80. The monoisotopic (exact) mass is 331 g/mol. The minimum absolute atomic E-state index is 0.226. The highest BCUT2D eigenvalue weighted by Crippen LogP contribution is 2.17. The SMILES string of the molecule is Cc1nn(C)c2ncc(C(=O)OC(C)C(=O)N3CCNC3=O)cc12. The Hall–Kier alpha value is -2.97. The van der Waals surface area contributed by atoms with Crippen LogP contribution in [-0.4, -0.2) is 56.8 Å². The van der Waals surface area contributed by atoms with Crippen LogP contribution in [-0.2, 0) is 16.6 Å². The molecule has 9 heteroatoms. The van der Waals surface area contributed by atoms with E-state index in [9.17, 15) is 14.4 Å². The molecule has 2 aromatic heterocycles. The van der Waals surface area contributed by atoms with Crippen molar-refractivity contribution in [2.75, 3.05) is 13.1 Å². The first kappa shape index (κ1) is 15.9. The fourth-order valence-electron chi connectivity index (χ4n) is 2.60. The molecule has 1 saturated heterocycles. The van der Waals surface area contributed by atoms with E-state index in [4.69, 9.17) is 4.74 Å². The number of hydrogen-bond acceptors (Lipinski definition) is 6.